The lowest BCUT2D eigenvalue weighted by atomic mass is 9.97. The summed E-state index contributed by atoms with van der Waals surface area (Å²) in [6, 6.07) is 6.36. The van der Waals surface area contributed by atoms with Gasteiger partial charge in [0, 0.05) is 37.3 Å². The highest BCUT2D eigenvalue weighted by molar-refractivity contribution is 5.83. The lowest BCUT2D eigenvalue weighted by molar-refractivity contribution is -0.134. The summed E-state index contributed by atoms with van der Waals surface area (Å²) in [5.41, 5.74) is 1.95. The van der Waals surface area contributed by atoms with Gasteiger partial charge in [0.2, 0.25) is 5.91 Å². The van der Waals surface area contributed by atoms with Crippen molar-refractivity contribution in [3.63, 3.8) is 0 Å². The zero-order valence-electron chi connectivity index (χ0n) is 14.2. The number of hydrogen-bond acceptors (Lipinski definition) is 3. The van der Waals surface area contributed by atoms with E-state index >= 15 is 0 Å². The van der Waals surface area contributed by atoms with Gasteiger partial charge in [-0.1, -0.05) is 12.1 Å². The lowest BCUT2D eigenvalue weighted by Gasteiger charge is -2.26. The second-order valence-corrected chi connectivity index (χ2v) is 6.49. The van der Waals surface area contributed by atoms with Gasteiger partial charge in [0.05, 0.1) is 6.20 Å². The Morgan fingerprint density at radius 1 is 1.38 bits per heavy atom. The van der Waals surface area contributed by atoms with Gasteiger partial charge in [-0.25, -0.2) is 4.39 Å². The first-order valence-corrected chi connectivity index (χ1v) is 8.21. The Bertz CT molecular complexity index is 712. The number of nitrogens with one attached hydrogen (secondary N) is 1. The van der Waals surface area contributed by atoms with E-state index in [4.69, 9.17) is 0 Å². The van der Waals surface area contributed by atoms with Crippen LogP contribution in [0.5, 0.6) is 0 Å². The van der Waals surface area contributed by atoms with Crippen LogP contribution in [-0.2, 0) is 11.8 Å². The first-order chi connectivity index (χ1) is 11.5. The monoisotopic (exact) mass is 330 g/mol. The Morgan fingerprint density at radius 3 is 2.67 bits per heavy atom. The van der Waals surface area contributed by atoms with Crippen LogP contribution in [-0.4, -0.2) is 40.2 Å². The highest BCUT2D eigenvalue weighted by Crippen LogP contribution is 2.33. The summed E-state index contributed by atoms with van der Waals surface area (Å²) in [4.78, 5) is 14.9. The van der Waals surface area contributed by atoms with Gasteiger partial charge in [-0.05, 0) is 38.1 Å². The number of halogens is 1. The smallest absolute Gasteiger partial charge is 0.244 e. The summed E-state index contributed by atoms with van der Waals surface area (Å²) in [5, 5.41) is 7.25. The van der Waals surface area contributed by atoms with E-state index < -0.39 is 6.04 Å². The van der Waals surface area contributed by atoms with Crippen LogP contribution in [0.25, 0.3) is 0 Å². The molecule has 3 rings (SSSR count). The summed E-state index contributed by atoms with van der Waals surface area (Å²) in [6.45, 7) is 2.72. The van der Waals surface area contributed by atoms with Crippen molar-refractivity contribution in [3.05, 3.63) is 53.6 Å². The number of carbonyl (C=O) groups excluding carboxylic acids is 1. The molecular formula is C18H23FN4O. The van der Waals surface area contributed by atoms with E-state index in [-0.39, 0.29) is 23.7 Å². The first-order valence-electron chi connectivity index (χ1n) is 8.21. The van der Waals surface area contributed by atoms with Crippen molar-refractivity contribution >= 4 is 5.91 Å². The van der Waals surface area contributed by atoms with Crippen LogP contribution < -0.4 is 5.32 Å². The summed E-state index contributed by atoms with van der Waals surface area (Å²) in [7, 11) is 3.62. The van der Waals surface area contributed by atoms with Crippen LogP contribution in [0.15, 0.2) is 36.7 Å². The van der Waals surface area contributed by atoms with E-state index in [1.807, 2.05) is 30.3 Å². The lowest BCUT2D eigenvalue weighted by Crippen LogP contribution is -2.41. The fourth-order valence-electron chi connectivity index (χ4n) is 3.50. The Labute approximate surface area is 141 Å². The predicted octanol–water partition coefficient (Wildman–Crippen LogP) is 2.22. The van der Waals surface area contributed by atoms with Crippen molar-refractivity contribution in [1.82, 2.24) is 20.0 Å². The van der Waals surface area contributed by atoms with Gasteiger partial charge >= 0.3 is 0 Å². The normalized spacial score (nSPS) is 21.9. The molecule has 1 N–H and O–H groups in total. The van der Waals surface area contributed by atoms with Crippen LogP contribution in [0.3, 0.4) is 0 Å². The molecule has 3 unspecified atom stereocenters. The van der Waals surface area contributed by atoms with Gasteiger partial charge in [0.15, 0.2) is 0 Å². The highest BCUT2D eigenvalue weighted by Gasteiger charge is 2.36. The van der Waals surface area contributed by atoms with Gasteiger partial charge < -0.3 is 10.2 Å². The minimum atomic E-state index is -0.395. The van der Waals surface area contributed by atoms with Crippen molar-refractivity contribution < 1.29 is 9.18 Å². The van der Waals surface area contributed by atoms with Gasteiger partial charge in [0.25, 0.3) is 0 Å². The molecule has 1 aliphatic rings. The molecule has 6 heteroatoms. The van der Waals surface area contributed by atoms with Crippen molar-refractivity contribution in [2.24, 2.45) is 7.05 Å². The van der Waals surface area contributed by atoms with Crippen LogP contribution in [0, 0.1) is 5.82 Å². The van der Waals surface area contributed by atoms with E-state index in [2.05, 4.69) is 17.3 Å². The number of nitrogens with zero attached hydrogens (tertiary/aromatic N) is 3. The van der Waals surface area contributed by atoms with Gasteiger partial charge in [0.1, 0.15) is 11.9 Å². The van der Waals surface area contributed by atoms with Crippen LogP contribution in [0.2, 0.25) is 0 Å². The molecule has 0 radical (unpaired) electrons. The molecule has 1 amide bonds. The van der Waals surface area contributed by atoms with E-state index in [0.717, 1.165) is 17.5 Å². The number of benzene rings is 1. The molecule has 0 saturated carbocycles. The van der Waals surface area contributed by atoms with Crippen LogP contribution in [0.1, 0.15) is 36.4 Å². The third-order valence-electron chi connectivity index (χ3n) is 4.79. The molecule has 3 atom stereocenters. The van der Waals surface area contributed by atoms with Crippen LogP contribution >= 0.6 is 0 Å². The molecule has 0 aliphatic carbocycles. The molecule has 1 aromatic heterocycles. The maximum absolute atomic E-state index is 13.1. The highest BCUT2D eigenvalue weighted by atomic mass is 19.1. The van der Waals surface area contributed by atoms with Gasteiger partial charge in [-0.2, -0.15) is 5.10 Å². The number of likely N-dealkylation sites (N-methyl/N-ethyl adjacent to an activating group) is 1. The van der Waals surface area contributed by atoms with Crippen molar-refractivity contribution in [3.8, 4) is 0 Å². The maximum atomic E-state index is 13.1. The number of carbonyl (C=O) groups is 1. The quantitative estimate of drug-likeness (QED) is 0.935. The maximum Gasteiger partial charge on any atom is 0.244 e. The second-order valence-electron chi connectivity index (χ2n) is 6.49. The molecular weight excluding hydrogens is 307 g/mol. The number of likely N-dealkylation sites (tertiary alicyclic amines) is 1. The molecule has 1 saturated heterocycles. The average molecular weight is 330 g/mol. The number of rotatable bonds is 4. The second kappa shape index (κ2) is 6.73. The number of hydrogen-bond donors (Lipinski definition) is 1. The Morgan fingerprint density at radius 2 is 2.08 bits per heavy atom. The molecule has 1 aliphatic heterocycles. The van der Waals surface area contributed by atoms with Crippen molar-refractivity contribution in [2.75, 3.05) is 13.6 Å². The number of aryl methyl sites for hydroxylation is 1. The van der Waals surface area contributed by atoms with E-state index in [0.29, 0.717) is 6.54 Å². The number of amides is 1. The minimum absolute atomic E-state index is 0.0580. The molecule has 0 spiro atoms. The van der Waals surface area contributed by atoms with Crippen molar-refractivity contribution in [2.45, 2.75) is 31.3 Å². The average Bonchev–Trinajstić information content (AvgIpc) is 3.15. The standard InChI is InChI=1S/C18H23FN4O/c1-12-8-14(13-4-6-16(19)7-5-13)11-23(12)18(24)17(20-2)15-9-21-22(3)10-15/h4-7,9-10,12,14,17,20H,8,11H2,1-3H3. The van der Waals surface area contributed by atoms with E-state index in [1.165, 1.54) is 12.1 Å². The zero-order valence-corrected chi connectivity index (χ0v) is 14.2. The third-order valence-corrected chi connectivity index (χ3v) is 4.79. The molecule has 2 aromatic rings. The molecule has 1 fully saturated rings. The topological polar surface area (TPSA) is 50.2 Å². The minimum Gasteiger partial charge on any atom is -0.338 e. The van der Waals surface area contributed by atoms with Crippen molar-refractivity contribution in [1.29, 1.82) is 0 Å². The van der Waals surface area contributed by atoms with Gasteiger partial charge in [-0.3, -0.25) is 9.48 Å². The Kier molecular flexibility index (Phi) is 4.66. The summed E-state index contributed by atoms with van der Waals surface area (Å²) < 4.78 is 14.8. The first kappa shape index (κ1) is 16.6. The number of aromatic nitrogens is 2. The summed E-state index contributed by atoms with van der Waals surface area (Å²) in [6.07, 6.45) is 4.47. The molecule has 0 bridgehead atoms. The SMILES string of the molecule is CNC(C(=O)N1CC(c2ccc(F)cc2)CC1C)c1cnn(C)c1. The largest absolute Gasteiger partial charge is 0.338 e. The fraction of sp³-hybridized carbons (Fsp3) is 0.444. The molecule has 5 nitrogen and oxygen atoms in total. The Balaban J connectivity index is 1.76. The zero-order chi connectivity index (χ0) is 17.3. The predicted molar refractivity (Wildman–Crippen MR) is 89.9 cm³/mol. The fourth-order valence-corrected chi connectivity index (χ4v) is 3.50. The summed E-state index contributed by atoms with van der Waals surface area (Å²) >= 11 is 0. The molecule has 1 aromatic carbocycles. The molecule has 24 heavy (non-hydrogen) atoms. The van der Waals surface area contributed by atoms with Gasteiger partial charge in [-0.15, -0.1) is 0 Å². The van der Waals surface area contributed by atoms with Crippen LogP contribution in [0.4, 0.5) is 4.39 Å². The molecule has 128 valence electrons. The Hall–Kier alpha value is -2.21. The molecule has 2 heterocycles. The van der Waals surface area contributed by atoms with E-state index in [1.54, 1.807) is 17.9 Å². The summed E-state index contributed by atoms with van der Waals surface area (Å²) in [5.74, 6) is 0.0723. The third kappa shape index (κ3) is 3.19. The van der Waals surface area contributed by atoms with E-state index in [9.17, 15) is 9.18 Å².